The SMILES string of the molecule is Cc1cccc(CN2CCC(NC(=NCc3nnc(C)n3C)NC3CCCCC3)CC2)c1. The van der Waals surface area contributed by atoms with Crippen molar-refractivity contribution in [3.05, 3.63) is 47.0 Å². The Hall–Kier alpha value is -2.41. The average molecular weight is 438 g/mol. The number of rotatable bonds is 6. The first-order chi connectivity index (χ1) is 15.6. The van der Waals surface area contributed by atoms with Crippen molar-refractivity contribution < 1.29 is 0 Å². The highest BCUT2D eigenvalue weighted by molar-refractivity contribution is 5.80. The van der Waals surface area contributed by atoms with Gasteiger partial charge in [0.25, 0.3) is 0 Å². The van der Waals surface area contributed by atoms with Crippen molar-refractivity contribution in [1.82, 2.24) is 30.3 Å². The van der Waals surface area contributed by atoms with Crippen molar-refractivity contribution in [2.24, 2.45) is 12.0 Å². The first-order valence-electron chi connectivity index (χ1n) is 12.3. The van der Waals surface area contributed by atoms with Crippen LogP contribution in [0.15, 0.2) is 29.3 Å². The lowest BCUT2D eigenvalue weighted by molar-refractivity contribution is 0.198. The molecule has 0 amide bonds. The fourth-order valence-corrected chi connectivity index (χ4v) is 4.81. The van der Waals surface area contributed by atoms with Crippen LogP contribution in [0, 0.1) is 13.8 Å². The number of hydrogen-bond acceptors (Lipinski definition) is 4. The van der Waals surface area contributed by atoms with E-state index in [1.165, 1.54) is 43.2 Å². The van der Waals surface area contributed by atoms with E-state index in [-0.39, 0.29) is 0 Å². The van der Waals surface area contributed by atoms with Gasteiger partial charge in [-0.05, 0) is 45.1 Å². The van der Waals surface area contributed by atoms with Crippen LogP contribution in [0.25, 0.3) is 0 Å². The van der Waals surface area contributed by atoms with E-state index in [2.05, 4.69) is 56.9 Å². The molecule has 1 aromatic carbocycles. The molecule has 174 valence electrons. The Kier molecular flexibility index (Phi) is 7.79. The zero-order valence-electron chi connectivity index (χ0n) is 20.0. The Morgan fingerprint density at radius 1 is 1.00 bits per heavy atom. The molecule has 0 bridgehead atoms. The molecule has 0 radical (unpaired) electrons. The van der Waals surface area contributed by atoms with E-state index in [0.717, 1.165) is 50.1 Å². The molecule has 7 heteroatoms. The number of nitrogens with one attached hydrogen (secondary N) is 2. The summed E-state index contributed by atoms with van der Waals surface area (Å²) in [5, 5.41) is 15.9. The van der Waals surface area contributed by atoms with Gasteiger partial charge >= 0.3 is 0 Å². The van der Waals surface area contributed by atoms with Gasteiger partial charge in [0, 0.05) is 38.8 Å². The summed E-state index contributed by atoms with van der Waals surface area (Å²) in [6.07, 6.45) is 8.73. The second kappa shape index (κ2) is 10.9. The van der Waals surface area contributed by atoms with Crippen molar-refractivity contribution >= 4 is 5.96 Å². The molecule has 1 aromatic heterocycles. The summed E-state index contributed by atoms with van der Waals surface area (Å²) in [7, 11) is 2.01. The van der Waals surface area contributed by atoms with E-state index in [1.807, 2.05) is 18.5 Å². The largest absolute Gasteiger partial charge is 0.354 e. The molecular formula is C25H39N7. The third kappa shape index (κ3) is 6.31. The lowest BCUT2D eigenvalue weighted by Crippen LogP contribution is -2.51. The molecule has 2 aromatic rings. The molecule has 32 heavy (non-hydrogen) atoms. The maximum Gasteiger partial charge on any atom is 0.192 e. The van der Waals surface area contributed by atoms with Gasteiger partial charge in [-0.2, -0.15) is 0 Å². The molecule has 1 aliphatic heterocycles. The second-order valence-corrected chi connectivity index (χ2v) is 9.55. The fraction of sp³-hybridized carbons (Fsp3) is 0.640. The average Bonchev–Trinajstić information content (AvgIpc) is 3.12. The molecule has 1 aliphatic carbocycles. The van der Waals surface area contributed by atoms with E-state index >= 15 is 0 Å². The number of aromatic nitrogens is 3. The Balaban J connectivity index is 1.34. The number of likely N-dealkylation sites (tertiary alicyclic amines) is 1. The Morgan fingerprint density at radius 2 is 1.72 bits per heavy atom. The third-order valence-corrected chi connectivity index (χ3v) is 6.92. The summed E-state index contributed by atoms with van der Waals surface area (Å²) in [5.74, 6) is 2.76. The van der Waals surface area contributed by atoms with E-state index in [1.54, 1.807) is 0 Å². The minimum Gasteiger partial charge on any atom is -0.354 e. The van der Waals surface area contributed by atoms with Crippen LogP contribution in [-0.4, -0.2) is 50.8 Å². The molecule has 7 nitrogen and oxygen atoms in total. The van der Waals surface area contributed by atoms with Crippen LogP contribution in [-0.2, 0) is 20.1 Å². The van der Waals surface area contributed by atoms with Crippen LogP contribution in [0.1, 0.15) is 67.7 Å². The van der Waals surface area contributed by atoms with Crippen LogP contribution in [0.4, 0.5) is 0 Å². The van der Waals surface area contributed by atoms with Crippen molar-refractivity contribution in [3.63, 3.8) is 0 Å². The molecule has 0 atom stereocenters. The van der Waals surface area contributed by atoms with Crippen LogP contribution < -0.4 is 10.6 Å². The lowest BCUT2D eigenvalue weighted by Gasteiger charge is -2.34. The number of aryl methyl sites for hydroxylation is 2. The van der Waals surface area contributed by atoms with Crippen molar-refractivity contribution in [2.75, 3.05) is 13.1 Å². The van der Waals surface area contributed by atoms with E-state index in [9.17, 15) is 0 Å². The summed E-state index contributed by atoms with van der Waals surface area (Å²) in [6, 6.07) is 9.86. The Morgan fingerprint density at radius 3 is 2.38 bits per heavy atom. The number of nitrogens with zero attached hydrogens (tertiary/aromatic N) is 5. The first kappa shape index (κ1) is 22.8. The standard InChI is InChI=1S/C25H39N7/c1-19-8-7-9-21(16-19)18-32-14-12-23(13-15-32)28-25(27-22-10-5-4-6-11-22)26-17-24-30-29-20(2)31(24)3/h7-9,16,22-23H,4-6,10-15,17-18H2,1-3H3,(H2,26,27,28). The predicted molar refractivity (Wildman–Crippen MR) is 130 cm³/mol. The molecule has 0 unspecified atom stereocenters. The molecular weight excluding hydrogens is 398 g/mol. The van der Waals surface area contributed by atoms with Crippen LogP contribution in [0.2, 0.25) is 0 Å². The molecule has 2 heterocycles. The summed E-state index contributed by atoms with van der Waals surface area (Å²) in [4.78, 5) is 7.48. The third-order valence-electron chi connectivity index (χ3n) is 6.92. The predicted octanol–water partition coefficient (Wildman–Crippen LogP) is 3.46. The minimum absolute atomic E-state index is 0.458. The summed E-state index contributed by atoms with van der Waals surface area (Å²) < 4.78 is 2.02. The molecule has 2 aliphatic rings. The lowest BCUT2D eigenvalue weighted by atomic mass is 9.95. The van der Waals surface area contributed by atoms with E-state index in [0.29, 0.717) is 18.6 Å². The highest BCUT2D eigenvalue weighted by Gasteiger charge is 2.22. The van der Waals surface area contributed by atoms with Crippen LogP contribution in [0.3, 0.4) is 0 Å². The van der Waals surface area contributed by atoms with Crippen LogP contribution >= 0.6 is 0 Å². The van der Waals surface area contributed by atoms with E-state index in [4.69, 9.17) is 4.99 Å². The first-order valence-corrected chi connectivity index (χ1v) is 12.3. The monoisotopic (exact) mass is 437 g/mol. The quantitative estimate of drug-likeness (QED) is 0.535. The van der Waals surface area contributed by atoms with Gasteiger partial charge in [0.15, 0.2) is 11.8 Å². The molecule has 2 fully saturated rings. The highest BCUT2D eigenvalue weighted by Crippen LogP contribution is 2.18. The van der Waals surface area contributed by atoms with Gasteiger partial charge in [0.2, 0.25) is 0 Å². The van der Waals surface area contributed by atoms with Gasteiger partial charge in [-0.1, -0.05) is 49.1 Å². The summed E-state index contributed by atoms with van der Waals surface area (Å²) in [6.45, 7) is 7.97. The number of benzene rings is 1. The van der Waals surface area contributed by atoms with Crippen molar-refractivity contribution in [3.8, 4) is 0 Å². The number of guanidine groups is 1. The molecule has 0 spiro atoms. The number of aliphatic imine (C=N–C) groups is 1. The highest BCUT2D eigenvalue weighted by atomic mass is 15.3. The normalized spacial score (nSPS) is 19.3. The number of hydrogen-bond donors (Lipinski definition) is 2. The second-order valence-electron chi connectivity index (χ2n) is 9.55. The Labute approximate surface area is 192 Å². The maximum absolute atomic E-state index is 4.91. The van der Waals surface area contributed by atoms with Crippen molar-refractivity contribution in [1.29, 1.82) is 0 Å². The fourth-order valence-electron chi connectivity index (χ4n) is 4.81. The van der Waals surface area contributed by atoms with Gasteiger partial charge < -0.3 is 15.2 Å². The Bertz CT molecular complexity index is 889. The zero-order valence-corrected chi connectivity index (χ0v) is 20.0. The number of piperidine rings is 1. The molecule has 1 saturated heterocycles. The summed E-state index contributed by atoms with van der Waals surface area (Å²) >= 11 is 0. The minimum atomic E-state index is 0.458. The molecule has 4 rings (SSSR count). The zero-order chi connectivity index (χ0) is 22.3. The van der Waals surface area contributed by atoms with Crippen LogP contribution in [0.5, 0.6) is 0 Å². The molecule has 2 N–H and O–H groups in total. The maximum atomic E-state index is 4.91. The van der Waals surface area contributed by atoms with Gasteiger partial charge in [-0.15, -0.1) is 10.2 Å². The van der Waals surface area contributed by atoms with Gasteiger partial charge in [0.1, 0.15) is 12.4 Å². The van der Waals surface area contributed by atoms with Crippen molar-refractivity contribution in [2.45, 2.75) is 84.0 Å². The van der Waals surface area contributed by atoms with Gasteiger partial charge in [-0.25, -0.2) is 4.99 Å². The smallest absolute Gasteiger partial charge is 0.192 e. The molecule has 1 saturated carbocycles. The van der Waals surface area contributed by atoms with Gasteiger partial charge in [-0.3, -0.25) is 4.90 Å². The topological polar surface area (TPSA) is 70.4 Å². The van der Waals surface area contributed by atoms with Gasteiger partial charge in [0.05, 0.1) is 0 Å². The van der Waals surface area contributed by atoms with E-state index < -0.39 is 0 Å². The summed E-state index contributed by atoms with van der Waals surface area (Å²) in [5.41, 5.74) is 2.75.